The molecule has 3 N–H and O–H groups in total. The van der Waals surface area contributed by atoms with Crippen molar-refractivity contribution in [2.75, 3.05) is 23.7 Å². The van der Waals surface area contributed by atoms with Gasteiger partial charge in [-0.1, -0.05) is 13.0 Å². The van der Waals surface area contributed by atoms with Crippen LogP contribution in [0.3, 0.4) is 0 Å². The van der Waals surface area contributed by atoms with Gasteiger partial charge >= 0.3 is 0 Å². The topological polar surface area (TPSA) is 70.2 Å². The molecule has 20 heavy (non-hydrogen) atoms. The fourth-order valence-corrected chi connectivity index (χ4v) is 1.55. The van der Waals surface area contributed by atoms with E-state index in [1.54, 1.807) is 18.2 Å². The second-order valence-corrected chi connectivity index (χ2v) is 4.32. The molecule has 0 heterocycles. The molecular weight excluding hydrogens is 254 g/mol. The van der Waals surface area contributed by atoms with Gasteiger partial charge in [0.15, 0.2) is 0 Å². The summed E-state index contributed by atoms with van der Waals surface area (Å²) in [5.41, 5.74) is 1.58. The average molecular weight is 275 g/mol. The number of hydrogen-bond donors (Lipinski definition) is 3. The molecule has 0 saturated heterocycles. The fourth-order valence-electron chi connectivity index (χ4n) is 1.55. The molecule has 0 unspecified atom stereocenters. The van der Waals surface area contributed by atoms with E-state index in [0.29, 0.717) is 13.0 Å². The Morgan fingerprint density at radius 3 is 2.40 bits per heavy atom. The maximum atomic E-state index is 11.4. The molecule has 5 nitrogen and oxygen atoms in total. The molecule has 0 aliphatic rings. The predicted molar refractivity (Wildman–Crippen MR) is 81.7 cm³/mol. The Labute approximate surface area is 119 Å². The van der Waals surface area contributed by atoms with E-state index < -0.39 is 0 Å². The molecule has 5 heteroatoms. The van der Waals surface area contributed by atoms with Crippen LogP contribution in [-0.4, -0.2) is 24.9 Å². The molecule has 0 radical (unpaired) electrons. The maximum absolute atomic E-state index is 11.4. The predicted octanol–water partition coefficient (Wildman–Crippen LogP) is 2.14. The Kier molecular flexibility index (Phi) is 6.89. The van der Waals surface area contributed by atoms with E-state index in [9.17, 15) is 9.59 Å². The lowest BCUT2D eigenvalue weighted by Gasteiger charge is -2.08. The number of rotatable bonds is 8. The van der Waals surface area contributed by atoms with Crippen LogP contribution in [0, 0.1) is 0 Å². The van der Waals surface area contributed by atoms with Gasteiger partial charge in [0.05, 0.1) is 6.54 Å². The first-order valence-corrected chi connectivity index (χ1v) is 6.67. The third-order valence-corrected chi connectivity index (χ3v) is 2.54. The highest BCUT2D eigenvalue weighted by Gasteiger charge is 2.02. The summed E-state index contributed by atoms with van der Waals surface area (Å²) in [4.78, 5) is 22.8. The lowest BCUT2D eigenvalue weighted by molar-refractivity contribution is -0.119. The zero-order valence-corrected chi connectivity index (χ0v) is 11.7. The number of hydrogen-bond acceptors (Lipinski definition) is 3. The first-order valence-electron chi connectivity index (χ1n) is 6.67. The standard InChI is InChI=1S/C15H21N3O2/c1-3-5-14(19)18-13-8-6-12(7-9-13)17-11-15(20)16-10-4-2/h4,6-9,17H,2-3,5,10-11H2,1H3,(H,16,20)(H,18,19). The van der Waals surface area contributed by atoms with E-state index >= 15 is 0 Å². The van der Waals surface area contributed by atoms with E-state index in [1.807, 2.05) is 19.1 Å². The van der Waals surface area contributed by atoms with Crippen LogP contribution in [0.4, 0.5) is 11.4 Å². The Morgan fingerprint density at radius 2 is 1.80 bits per heavy atom. The van der Waals surface area contributed by atoms with Gasteiger partial charge in [-0.15, -0.1) is 6.58 Å². The van der Waals surface area contributed by atoms with Crippen LogP contribution in [0.25, 0.3) is 0 Å². The number of anilines is 2. The molecule has 0 fully saturated rings. The summed E-state index contributed by atoms with van der Waals surface area (Å²) in [6.07, 6.45) is 2.97. The van der Waals surface area contributed by atoms with Crippen molar-refractivity contribution >= 4 is 23.2 Å². The molecule has 108 valence electrons. The highest BCUT2D eigenvalue weighted by molar-refractivity contribution is 5.90. The van der Waals surface area contributed by atoms with Crippen molar-refractivity contribution in [1.82, 2.24) is 5.32 Å². The van der Waals surface area contributed by atoms with Gasteiger partial charge in [0.25, 0.3) is 0 Å². The van der Waals surface area contributed by atoms with Crippen LogP contribution in [0.5, 0.6) is 0 Å². The second-order valence-electron chi connectivity index (χ2n) is 4.32. The van der Waals surface area contributed by atoms with Crippen LogP contribution in [0.1, 0.15) is 19.8 Å². The molecule has 0 aliphatic carbocycles. The van der Waals surface area contributed by atoms with E-state index in [2.05, 4.69) is 22.5 Å². The zero-order valence-electron chi connectivity index (χ0n) is 11.7. The van der Waals surface area contributed by atoms with Crippen molar-refractivity contribution in [2.24, 2.45) is 0 Å². The van der Waals surface area contributed by atoms with E-state index in [0.717, 1.165) is 17.8 Å². The summed E-state index contributed by atoms with van der Waals surface area (Å²) in [6, 6.07) is 7.25. The van der Waals surface area contributed by atoms with Gasteiger partial charge in [-0.2, -0.15) is 0 Å². The number of nitrogens with one attached hydrogen (secondary N) is 3. The van der Waals surface area contributed by atoms with Gasteiger partial charge in [-0.3, -0.25) is 9.59 Å². The van der Waals surface area contributed by atoms with Crippen LogP contribution in [0.15, 0.2) is 36.9 Å². The quantitative estimate of drug-likeness (QED) is 0.637. The van der Waals surface area contributed by atoms with Gasteiger partial charge < -0.3 is 16.0 Å². The second kappa shape index (κ2) is 8.74. The van der Waals surface area contributed by atoms with Gasteiger partial charge in [-0.05, 0) is 30.7 Å². The molecular formula is C15H21N3O2. The van der Waals surface area contributed by atoms with Gasteiger partial charge in [-0.25, -0.2) is 0 Å². The average Bonchev–Trinajstić information content (AvgIpc) is 2.44. The fraction of sp³-hybridized carbons (Fsp3) is 0.333. The largest absolute Gasteiger partial charge is 0.376 e. The minimum atomic E-state index is -0.0924. The van der Waals surface area contributed by atoms with Crippen molar-refractivity contribution in [3.8, 4) is 0 Å². The highest BCUT2D eigenvalue weighted by Crippen LogP contribution is 2.13. The van der Waals surface area contributed by atoms with Crippen LogP contribution < -0.4 is 16.0 Å². The highest BCUT2D eigenvalue weighted by atomic mass is 16.2. The Morgan fingerprint density at radius 1 is 1.15 bits per heavy atom. The summed E-state index contributed by atoms with van der Waals surface area (Å²) in [5, 5.41) is 8.48. The third-order valence-electron chi connectivity index (χ3n) is 2.54. The van der Waals surface area contributed by atoms with Crippen LogP contribution in [0.2, 0.25) is 0 Å². The summed E-state index contributed by atoms with van der Waals surface area (Å²) >= 11 is 0. The van der Waals surface area contributed by atoms with Crippen LogP contribution >= 0.6 is 0 Å². The summed E-state index contributed by atoms with van der Waals surface area (Å²) in [5.74, 6) is -0.0813. The number of benzene rings is 1. The molecule has 1 rings (SSSR count). The Balaban J connectivity index is 2.40. The lowest BCUT2D eigenvalue weighted by Crippen LogP contribution is -2.29. The molecule has 0 spiro atoms. The SMILES string of the molecule is C=CCNC(=O)CNc1ccc(NC(=O)CCC)cc1. The minimum Gasteiger partial charge on any atom is -0.376 e. The first kappa shape index (κ1) is 15.8. The molecule has 1 aromatic rings. The van der Waals surface area contributed by atoms with Crippen LogP contribution in [-0.2, 0) is 9.59 Å². The first-order chi connectivity index (χ1) is 9.65. The molecule has 0 bridgehead atoms. The third kappa shape index (κ3) is 6.04. The zero-order chi connectivity index (χ0) is 14.8. The van der Waals surface area contributed by atoms with Crippen molar-refractivity contribution in [2.45, 2.75) is 19.8 Å². The Bertz CT molecular complexity index is 455. The molecule has 2 amide bonds. The molecule has 1 aromatic carbocycles. The smallest absolute Gasteiger partial charge is 0.239 e. The normalized spacial score (nSPS) is 9.65. The summed E-state index contributed by atoms with van der Waals surface area (Å²) in [6.45, 7) is 6.16. The van der Waals surface area contributed by atoms with Gasteiger partial charge in [0.1, 0.15) is 0 Å². The molecule has 0 aromatic heterocycles. The van der Waals surface area contributed by atoms with E-state index in [4.69, 9.17) is 0 Å². The van der Waals surface area contributed by atoms with Crippen molar-refractivity contribution in [3.05, 3.63) is 36.9 Å². The minimum absolute atomic E-state index is 0.0111. The maximum Gasteiger partial charge on any atom is 0.239 e. The number of amides is 2. The van der Waals surface area contributed by atoms with Gasteiger partial charge in [0, 0.05) is 24.3 Å². The molecule has 0 atom stereocenters. The number of carbonyl (C=O) groups excluding carboxylic acids is 2. The molecule has 0 aliphatic heterocycles. The Hall–Kier alpha value is -2.30. The van der Waals surface area contributed by atoms with Crippen molar-refractivity contribution in [3.63, 3.8) is 0 Å². The van der Waals surface area contributed by atoms with Crippen molar-refractivity contribution < 1.29 is 9.59 Å². The summed E-state index contributed by atoms with van der Waals surface area (Å²) < 4.78 is 0. The van der Waals surface area contributed by atoms with Crippen molar-refractivity contribution in [1.29, 1.82) is 0 Å². The van der Waals surface area contributed by atoms with Gasteiger partial charge in [0.2, 0.25) is 11.8 Å². The summed E-state index contributed by atoms with van der Waals surface area (Å²) in [7, 11) is 0. The monoisotopic (exact) mass is 275 g/mol. The lowest BCUT2D eigenvalue weighted by atomic mass is 10.2. The molecule has 0 saturated carbocycles. The van der Waals surface area contributed by atoms with E-state index in [-0.39, 0.29) is 18.4 Å². The number of carbonyl (C=O) groups is 2. The van der Waals surface area contributed by atoms with E-state index in [1.165, 1.54) is 0 Å².